The molecule has 1 aliphatic carbocycles. The summed E-state index contributed by atoms with van der Waals surface area (Å²) in [5, 5.41) is 0. The quantitative estimate of drug-likeness (QED) is 0.787. The van der Waals surface area contributed by atoms with E-state index in [4.69, 9.17) is 23.2 Å². The Morgan fingerprint density at radius 3 is 2.13 bits per heavy atom. The van der Waals surface area contributed by atoms with Crippen molar-refractivity contribution in [3.05, 3.63) is 30.3 Å². The SMILES string of the molecule is O=S(=O)(c1ccccc1)C(Cl)(Cl)C1CC1. The van der Waals surface area contributed by atoms with Crippen molar-refractivity contribution in [1.82, 2.24) is 0 Å². The van der Waals surface area contributed by atoms with Gasteiger partial charge in [-0.15, -0.1) is 0 Å². The summed E-state index contributed by atoms with van der Waals surface area (Å²) in [6, 6.07) is 8.09. The van der Waals surface area contributed by atoms with Crippen molar-refractivity contribution in [3.8, 4) is 0 Å². The molecule has 5 heteroatoms. The number of hydrogen-bond acceptors (Lipinski definition) is 2. The minimum Gasteiger partial charge on any atom is -0.221 e. The predicted molar refractivity (Wildman–Crippen MR) is 60.8 cm³/mol. The van der Waals surface area contributed by atoms with Crippen molar-refractivity contribution >= 4 is 33.0 Å². The maximum absolute atomic E-state index is 12.1. The van der Waals surface area contributed by atoms with Gasteiger partial charge in [0.25, 0.3) is 0 Å². The van der Waals surface area contributed by atoms with Crippen molar-refractivity contribution in [3.63, 3.8) is 0 Å². The smallest absolute Gasteiger partial charge is 0.221 e. The third-order valence-corrected chi connectivity index (χ3v) is 6.24. The van der Waals surface area contributed by atoms with Crippen LogP contribution in [0.15, 0.2) is 35.2 Å². The standard InChI is InChI=1S/C10H10Cl2O2S/c11-10(12,8-6-7-8)15(13,14)9-4-2-1-3-5-9/h1-5,8H,6-7H2. The van der Waals surface area contributed by atoms with E-state index in [0.29, 0.717) is 0 Å². The molecule has 0 bridgehead atoms. The fourth-order valence-corrected chi connectivity index (χ4v) is 3.87. The summed E-state index contributed by atoms with van der Waals surface area (Å²) < 4.78 is 22.5. The van der Waals surface area contributed by atoms with E-state index in [0.717, 1.165) is 12.8 Å². The molecular weight excluding hydrogens is 255 g/mol. The van der Waals surface area contributed by atoms with Gasteiger partial charge in [0.2, 0.25) is 13.5 Å². The van der Waals surface area contributed by atoms with E-state index in [2.05, 4.69) is 0 Å². The largest absolute Gasteiger partial charge is 0.225 e. The molecule has 15 heavy (non-hydrogen) atoms. The Balaban J connectivity index is 2.43. The van der Waals surface area contributed by atoms with Gasteiger partial charge in [0.1, 0.15) is 0 Å². The highest BCUT2D eigenvalue weighted by Gasteiger charge is 2.52. The summed E-state index contributed by atoms with van der Waals surface area (Å²) in [4.78, 5) is 0.182. The zero-order valence-electron chi connectivity index (χ0n) is 7.86. The molecule has 1 aromatic rings. The number of alkyl halides is 2. The molecule has 0 amide bonds. The number of benzene rings is 1. The third kappa shape index (κ3) is 1.88. The van der Waals surface area contributed by atoms with E-state index in [1.807, 2.05) is 0 Å². The predicted octanol–water partition coefficient (Wildman–Crippen LogP) is 3.00. The number of rotatable bonds is 3. The first-order valence-corrected chi connectivity index (χ1v) is 6.87. The van der Waals surface area contributed by atoms with Crippen LogP contribution in [-0.4, -0.2) is 12.1 Å². The molecule has 0 N–H and O–H groups in total. The lowest BCUT2D eigenvalue weighted by molar-refractivity contribution is 0.581. The van der Waals surface area contributed by atoms with Gasteiger partial charge in [-0.25, -0.2) is 8.42 Å². The third-order valence-electron chi connectivity index (χ3n) is 2.46. The summed E-state index contributed by atoms with van der Waals surface area (Å²) in [6.07, 6.45) is 1.55. The highest BCUT2D eigenvalue weighted by molar-refractivity contribution is 7.95. The van der Waals surface area contributed by atoms with Gasteiger partial charge in [0.05, 0.1) is 4.90 Å². The van der Waals surface area contributed by atoms with Gasteiger partial charge in [0, 0.05) is 5.92 Å². The van der Waals surface area contributed by atoms with Crippen LogP contribution in [0.4, 0.5) is 0 Å². The monoisotopic (exact) mass is 264 g/mol. The normalized spacial score (nSPS) is 17.7. The molecule has 0 atom stereocenters. The molecule has 1 saturated carbocycles. The lowest BCUT2D eigenvalue weighted by atomic mass is 10.4. The summed E-state index contributed by atoms with van der Waals surface area (Å²) in [5.74, 6) is -0.133. The second kappa shape index (κ2) is 3.65. The number of sulfone groups is 1. The fourth-order valence-electron chi connectivity index (χ4n) is 1.40. The van der Waals surface area contributed by atoms with Crippen LogP contribution < -0.4 is 0 Å². The van der Waals surface area contributed by atoms with Crippen LogP contribution in [0.2, 0.25) is 0 Å². The Morgan fingerprint density at radius 1 is 1.13 bits per heavy atom. The molecule has 0 radical (unpaired) electrons. The average Bonchev–Trinajstić information content (AvgIpc) is 3.02. The zero-order chi connectivity index (χ0) is 11.1. The van der Waals surface area contributed by atoms with E-state index in [-0.39, 0.29) is 10.8 Å². The fraction of sp³-hybridized carbons (Fsp3) is 0.400. The molecule has 2 nitrogen and oxygen atoms in total. The first kappa shape index (κ1) is 11.2. The second-order valence-corrected chi connectivity index (χ2v) is 7.61. The topological polar surface area (TPSA) is 34.1 Å². The Labute approximate surface area is 99.1 Å². The molecule has 1 aromatic carbocycles. The van der Waals surface area contributed by atoms with Gasteiger partial charge in [0.15, 0.2) is 0 Å². The molecule has 0 heterocycles. The lowest BCUT2D eigenvalue weighted by Gasteiger charge is -2.19. The molecule has 1 aliphatic rings. The Kier molecular flexibility index (Phi) is 2.73. The van der Waals surface area contributed by atoms with Gasteiger partial charge < -0.3 is 0 Å². The van der Waals surface area contributed by atoms with Crippen molar-refractivity contribution in [1.29, 1.82) is 0 Å². The van der Waals surface area contributed by atoms with Crippen LogP contribution in [0.1, 0.15) is 12.8 Å². The van der Waals surface area contributed by atoms with Gasteiger partial charge in [-0.2, -0.15) is 0 Å². The summed E-state index contributed by atoms with van der Waals surface area (Å²) >= 11 is 11.9. The average molecular weight is 265 g/mol. The summed E-state index contributed by atoms with van der Waals surface area (Å²) in [6.45, 7) is 0. The van der Waals surface area contributed by atoms with Crippen LogP contribution in [0.3, 0.4) is 0 Å². The van der Waals surface area contributed by atoms with Crippen molar-refractivity contribution in [2.75, 3.05) is 0 Å². The highest BCUT2D eigenvalue weighted by atomic mass is 35.5. The van der Waals surface area contributed by atoms with Crippen LogP contribution in [0.5, 0.6) is 0 Å². The highest BCUT2D eigenvalue weighted by Crippen LogP contribution is 2.51. The van der Waals surface area contributed by atoms with E-state index < -0.39 is 13.5 Å². The lowest BCUT2D eigenvalue weighted by Crippen LogP contribution is -2.28. The van der Waals surface area contributed by atoms with Crippen molar-refractivity contribution in [2.24, 2.45) is 5.92 Å². The van der Waals surface area contributed by atoms with Crippen LogP contribution >= 0.6 is 23.2 Å². The van der Waals surface area contributed by atoms with E-state index in [1.165, 1.54) is 12.1 Å². The Hall–Kier alpha value is -0.250. The van der Waals surface area contributed by atoms with E-state index in [9.17, 15) is 8.42 Å². The molecule has 0 saturated heterocycles. The van der Waals surface area contributed by atoms with Gasteiger partial charge in [-0.05, 0) is 25.0 Å². The van der Waals surface area contributed by atoms with Gasteiger partial charge >= 0.3 is 0 Å². The van der Waals surface area contributed by atoms with Crippen molar-refractivity contribution in [2.45, 2.75) is 21.4 Å². The molecule has 0 aliphatic heterocycles. The van der Waals surface area contributed by atoms with Crippen LogP contribution in [-0.2, 0) is 9.84 Å². The maximum atomic E-state index is 12.1. The number of halogens is 2. The van der Waals surface area contributed by atoms with Crippen molar-refractivity contribution < 1.29 is 8.42 Å². The maximum Gasteiger partial charge on any atom is 0.225 e. The minimum absolute atomic E-state index is 0.133. The first-order chi connectivity index (χ1) is 6.96. The summed E-state index contributed by atoms with van der Waals surface area (Å²) in [5.41, 5.74) is 0. The molecular formula is C10H10Cl2O2S. The number of hydrogen-bond donors (Lipinski definition) is 0. The van der Waals surface area contributed by atoms with E-state index in [1.54, 1.807) is 18.2 Å². The van der Waals surface area contributed by atoms with E-state index >= 15 is 0 Å². The minimum atomic E-state index is -3.64. The molecule has 1 fully saturated rings. The second-order valence-electron chi connectivity index (χ2n) is 3.65. The molecule has 82 valence electrons. The van der Waals surface area contributed by atoms with Gasteiger partial charge in [-0.3, -0.25) is 0 Å². The van der Waals surface area contributed by atoms with Crippen LogP contribution in [0, 0.1) is 5.92 Å². The van der Waals surface area contributed by atoms with Crippen LogP contribution in [0.25, 0.3) is 0 Å². The molecule has 0 spiro atoms. The summed E-state index contributed by atoms with van der Waals surface area (Å²) in [7, 11) is -3.64. The zero-order valence-corrected chi connectivity index (χ0v) is 10.2. The first-order valence-electron chi connectivity index (χ1n) is 4.64. The Bertz CT molecular complexity index is 450. The van der Waals surface area contributed by atoms with Gasteiger partial charge in [-0.1, -0.05) is 41.4 Å². The molecule has 0 unspecified atom stereocenters. The Morgan fingerprint density at radius 2 is 1.67 bits per heavy atom. The molecule has 2 rings (SSSR count). The molecule has 0 aromatic heterocycles.